The van der Waals surface area contributed by atoms with Crippen molar-refractivity contribution in [3.8, 4) is 17.1 Å². The number of nitrogen functional groups attached to an aromatic ring is 1. The normalized spacial score (nSPS) is 10.9. The van der Waals surface area contributed by atoms with Gasteiger partial charge in [0.15, 0.2) is 5.82 Å². The van der Waals surface area contributed by atoms with Crippen LogP contribution < -0.4 is 5.73 Å². The Morgan fingerprint density at radius 1 is 1.20 bits per heavy atom. The van der Waals surface area contributed by atoms with Crippen LogP contribution in [-0.2, 0) is 7.05 Å². The summed E-state index contributed by atoms with van der Waals surface area (Å²) in [7, 11) is 1.87. The van der Waals surface area contributed by atoms with E-state index in [1.807, 2.05) is 45.3 Å². The summed E-state index contributed by atoms with van der Waals surface area (Å²) in [4.78, 5) is 0. The molecule has 2 N–H and O–H groups in total. The van der Waals surface area contributed by atoms with Gasteiger partial charge in [0.05, 0.1) is 11.9 Å². The van der Waals surface area contributed by atoms with Gasteiger partial charge in [-0.2, -0.15) is 9.78 Å². The van der Waals surface area contributed by atoms with E-state index >= 15 is 0 Å². The Morgan fingerprint density at radius 2 is 2.00 bits per heavy atom. The first-order valence-corrected chi connectivity index (χ1v) is 6.22. The van der Waals surface area contributed by atoms with Crippen LogP contribution in [0.3, 0.4) is 0 Å². The first kappa shape index (κ1) is 12.3. The van der Waals surface area contributed by atoms with Crippen molar-refractivity contribution in [2.24, 2.45) is 7.05 Å². The van der Waals surface area contributed by atoms with Gasteiger partial charge in [-0.15, -0.1) is 5.10 Å². The lowest BCUT2D eigenvalue weighted by Gasteiger charge is -2.06. The SMILES string of the molecule is Cc1cc(N)ccc1-c1nnnn1-c1cn(C)nc1C. The van der Waals surface area contributed by atoms with E-state index in [2.05, 4.69) is 20.6 Å². The number of hydrogen-bond acceptors (Lipinski definition) is 5. The highest BCUT2D eigenvalue weighted by Gasteiger charge is 2.16. The Morgan fingerprint density at radius 3 is 2.65 bits per heavy atom. The average molecular weight is 269 g/mol. The number of anilines is 1. The zero-order chi connectivity index (χ0) is 14.3. The molecule has 0 unspecified atom stereocenters. The van der Waals surface area contributed by atoms with Gasteiger partial charge in [-0.1, -0.05) is 0 Å². The Kier molecular flexibility index (Phi) is 2.74. The van der Waals surface area contributed by atoms with Crippen LogP contribution in [0.4, 0.5) is 5.69 Å². The molecule has 0 radical (unpaired) electrons. The predicted octanol–water partition coefficient (Wildman–Crippen LogP) is 1.26. The van der Waals surface area contributed by atoms with E-state index in [4.69, 9.17) is 5.73 Å². The molecule has 0 saturated heterocycles. The Hall–Kier alpha value is -2.70. The van der Waals surface area contributed by atoms with Crippen molar-refractivity contribution in [2.45, 2.75) is 13.8 Å². The second-order valence-electron chi connectivity index (χ2n) is 4.76. The van der Waals surface area contributed by atoms with Gasteiger partial charge < -0.3 is 5.73 Å². The van der Waals surface area contributed by atoms with E-state index in [1.54, 1.807) is 9.36 Å². The smallest absolute Gasteiger partial charge is 0.187 e. The van der Waals surface area contributed by atoms with E-state index in [-0.39, 0.29) is 0 Å². The highest BCUT2D eigenvalue weighted by molar-refractivity contribution is 5.65. The van der Waals surface area contributed by atoms with E-state index in [0.717, 1.165) is 28.2 Å². The maximum atomic E-state index is 5.79. The van der Waals surface area contributed by atoms with Crippen molar-refractivity contribution in [3.63, 3.8) is 0 Å². The molecule has 0 aliphatic heterocycles. The molecule has 2 aromatic heterocycles. The molecule has 3 rings (SSSR count). The minimum absolute atomic E-state index is 0.679. The second kappa shape index (κ2) is 4.44. The van der Waals surface area contributed by atoms with E-state index in [9.17, 15) is 0 Å². The minimum atomic E-state index is 0.679. The lowest BCUT2D eigenvalue weighted by Crippen LogP contribution is -2.01. The third-order valence-electron chi connectivity index (χ3n) is 3.18. The van der Waals surface area contributed by atoms with Crippen molar-refractivity contribution in [2.75, 3.05) is 5.73 Å². The molecular weight excluding hydrogens is 254 g/mol. The van der Waals surface area contributed by atoms with Crippen molar-refractivity contribution in [1.82, 2.24) is 30.0 Å². The third kappa shape index (κ3) is 1.93. The largest absolute Gasteiger partial charge is 0.399 e. The zero-order valence-electron chi connectivity index (χ0n) is 11.6. The topological polar surface area (TPSA) is 87.4 Å². The molecule has 3 aromatic rings. The fourth-order valence-corrected chi connectivity index (χ4v) is 2.25. The van der Waals surface area contributed by atoms with Crippen molar-refractivity contribution >= 4 is 5.69 Å². The number of tetrazole rings is 1. The summed E-state index contributed by atoms with van der Waals surface area (Å²) < 4.78 is 3.44. The fourth-order valence-electron chi connectivity index (χ4n) is 2.25. The van der Waals surface area contributed by atoms with Gasteiger partial charge in [0.2, 0.25) is 0 Å². The summed E-state index contributed by atoms with van der Waals surface area (Å²) >= 11 is 0. The first-order valence-electron chi connectivity index (χ1n) is 6.22. The van der Waals surface area contributed by atoms with Crippen LogP contribution in [0.2, 0.25) is 0 Å². The van der Waals surface area contributed by atoms with Crippen molar-refractivity contribution < 1.29 is 0 Å². The fraction of sp³-hybridized carbons (Fsp3) is 0.231. The molecule has 0 fully saturated rings. The van der Waals surface area contributed by atoms with Gasteiger partial charge in [-0.05, 0) is 48.0 Å². The summed E-state index contributed by atoms with van der Waals surface area (Å²) in [6.07, 6.45) is 1.89. The first-order chi connectivity index (χ1) is 9.56. The number of aromatic nitrogens is 6. The number of nitrogens with two attached hydrogens (primary N) is 1. The number of nitrogens with zero attached hydrogens (tertiary/aromatic N) is 6. The van der Waals surface area contributed by atoms with Crippen LogP contribution in [0.15, 0.2) is 24.4 Å². The summed E-state index contributed by atoms with van der Waals surface area (Å²) in [5.41, 5.74) is 10.2. The predicted molar refractivity (Wildman–Crippen MR) is 75.2 cm³/mol. The van der Waals surface area contributed by atoms with E-state index in [0.29, 0.717) is 5.82 Å². The molecule has 1 aromatic carbocycles. The summed E-state index contributed by atoms with van der Waals surface area (Å²) in [5, 5.41) is 16.3. The summed E-state index contributed by atoms with van der Waals surface area (Å²) in [6.45, 7) is 3.91. The lowest BCUT2D eigenvalue weighted by atomic mass is 10.1. The Balaban J connectivity index is 2.17. The maximum Gasteiger partial charge on any atom is 0.187 e. The van der Waals surface area contributed by atoms with Crippen LogP contribution in [0.25, 0.3) is 17.1 Å². The van der Waals surface area contributed by atoms with E-state index < -0.39 is 0 Å². The lowest BCUT2D eigenvalue weighted by molar-refractivity contribution is 0.755. The number of hydrogen-bond donors (Lipinski definition) is 1. The molecular formula is C13H15N7. The highest BCUT2D eigenvalue weighted by Crippen LogP contribution is 2.25. The van der Waals surface area contributed by atoms with Gasteiger partial charge in [0.25, 0.3) is 0 Å². The molecule has 0 aliphatic carbocycles. The molecule has 0 amide bonds. The molecule has 0 spiro atoms. The average Bonchev–Trinajstić information content (AvgIpc) is 2.95. The zero-order valence-corrected chi connectivity index (χ0v) is 11.6. The van der Waals surface area contributed by atoms with Gasteiger partial charge in [0, 0.05) is 18.3 Å². The molecule has 0 atom stereocenters. The minimum Gasteiger partial charge on any atom is -0.399 e. The maximum absolute atomic E-state index is 5.79. The van der Waals surface area contributed by atoms with Crippen molar-refractivity contribution in [1.29, 1.82) is 0 Å². The van der Waals surface area contributed by atoms with Crippen LogP contribution in [0.5, 0.6) is 0 Å². The number of benzene rings is 1. The third-order valence-corrected chi connectivity index (χ3v) is 3.18. The van der Waals surface area contributed by atoms with Gasteiger partial charge in [-0.3, -0.25) is 4.68 Å². The molecule has 102 valence electrons. The van der Waals surface area contributed by atoms with Crippen molar-refractivity contribution in [3.05, 3.63) is 35.7 Å². The number of rotatable bonds is 2. The summed E-state index contributed by atoms with van der Waals surface area (Å²) in [6, 6.07) is 5.68. The molecule has 2 heterocycles. The standard InChI is InChI=1S/C13H15N7/c1-8-6-10(14)4-5-11(8)13-15-17-18-20(13)12-7-19(3)16-9(12)2/h4-7H,14H2,1-3H3. The Bertz CT molecular complexity index is 769. The van der Waals surface area contributed by atoms with Crippen LogP contribution in [0, 0.1) is 13.8 Å². The molecule has 7 heteroatoms. The van der Waals surface area contributed by atoms with Gasteiger partial charge >= 0.3 is 0 Å². The molecule has 20 heavy (non-hydrogen) atoms. The second-order valence-corrected chi connectivity index (χ2v) is 4.76. The highest BCUT2D eigenvalue weighted by atomic mass is 15.5. The van der Waals surface area contributed by atoms with Gasteiger partial charge in [-0.25, -0.2) is 0 Å². The van der Waals surface area contributed by atoms with Crippen LogP contribution in [0.1, 0.15) is 11.3 Å². The summed E-state index contributed by atoms with van der Waals surface area (Å²) in [5.74, 6) is 0.679. The van der Waals surface area contributed by atoms with Crippen LogP contribution >= 0.6 is 0 Å². The number of aryl methyl sites for hydroxylation is 3. The Labute approximate surface area is 116 Å². The van der Waals surface area contributed by atoms with Crippen LogP contribution in [-0.4, -0.2) is 30.0 Å². The molecule has 7 nitrogen and oxygen atoms in total. The monoisotopic (exact) mass is 269 g/mol. The van der Waals surface area contributed by atoms with Gasteiger partial charge in [0.1, 0.15) is 5.69 Å². The molecule has 0 bridgehead atoms. The molecule has 0 aliphatic rings. The quantitative estimate of drug-likeness (QED) is 0.708. The van der Waals surface area contributed by atoms with E-state index in [1.165, 1.54) is 0 Å². The molecule has 0 saturated carbocycles.